The van der Waals surface area contributed by atoms with E-state index in [2.05, 4.69) is 35.1 Å². The van der Waals surface area contributed by atoms with E-state index in [1.807, 2.05) is 42.2 Å². The molecule has 2 N–H and O–H groups in total. The highest BCUT2D eigenvalue weighted by Gasteiger charge is 2.55. The van der Waals surface area contributed by atoms with Gasteiger partial charge in [0.05, 0.1) is 17.0 Å². The molecule has 3 aromatic carbocycles. The van der Waals surface area contributed by atoms with Crippen molar-refractivity contribution in [3.8, 4) is 0 Å². The van der Waals surface area contributed by atoms with E-state index in [1.54, 1.807) is 12.1 Å². The second-order valence-corrected chi connectivity index (χ2v) is 8.07. The van der Waals surface area contributed by atoms with Crippen LogP contribution in [0.2, 0.25) is 0 Å². The van der Waals surface area contributed by atoms with E-state index in [0.29, 0.717) is 0 Å². The molecule has 0 aliphatic carbocycles. The first-order valence-electron chi connectivity index (χ1n) is 10.2. The van der Waals surface area contributed by atoms with Crippen LogP contribution in [-0.4, -0.2) is 16.9 Å². The molecule has 3 aromatic rings. The van der Waals surface area contributed by atoms with Gasteiger partial charge >= 0.3 is 0 Å². The molecule has 156 valence electrons. The smallest absolute Gasteiger partial charge is 0.269 e. The highest BCUT2D eigenvalue weighted by molar-refractivity contribution is 6.01. The zero-order chi connectivity index (χ0) is 21.5. The zero-order valence-electron chi connectivity index (χ0n) is 16.9. The molecule has 0 radical (unpaired) electrons. The summed E-state index contributed by atoms with van der Waals surface area (Å²) in [6.45, 7) is 2.04. The van der Waals surface area contributed by atoms with Gasteiger partial charge in [0, 0.05) is 23.7 Å². The number of rotatable bonds is 4. The van der Waals surface area contributed by atoms with Gasteiger partial charge in [0.2, 0.25) is 5.91 Å². The fourth-order valence-electron chi connectivity index (χ4n) is 4.73. The lowest BCUT2D eigenvalue weighted by Crippen LogP contribution is -2.41. The van der Waals surface area contributed by atoms with E-state index in [-0.39, 0.29) is 29.6 Å². The van der Waals surface area contributed by atoms with Gasteiger partial charge in [-0.15, -0.1) is 0 Å². The lowest BCUT2D eigenvalue weighted by Gasteiger charge is -2.31. The Bertz CT molecular complexity index is 1120. The van der Waals surface area contributed by atoms with Crippen molar-refractivity contribution in [2.75, 3.05) is 4.90 Å². The Hall–Kier alpha value is -3.55. The largest absolute Gasteiger partial charge is 0.303 e. The van der Waals surface area contributed by atoms with Crippen LogP contribution in [0.25, 0.3) is 0 Å². The van der Waals surface area contributed by atoms with Crippen molar-refractivity contribution in [1.82, 2.24) is 10.9 Å². The van der Waals surface area contributed by atoms with E-state index in [4.69, 9.17) is 0 Å². The highest BCUT2D eigenvalue weighted by Crippen LogP contribution is 2.49. The maximum absolute atomic E-state index is 13.5. The van der Waals surface area contributed by atoms with Crippen molar-refractivity contribution in [1.29, 1.82) is 0 Å². The van der Waals surface area contributed by atoms with E-state index < -0.39 is 11.0 Å². The molecular weight excluding hydrogens is 392 g/mol. The molecule has 5 rings (SSSR count). The predicted molar refractivity (Wildman–Crippen MR) is 117 cm³/mol. The van der Waals surface area contributed by atoms with E-state index in [9.17, 15) is 14.9 Å². The standard InChI is InChI=1S/C24H22N4O3/c1-15-7-9-16(10-8-15)21-20-22(26-25-21)24(29)27(18-5-3-2-4-6-18)23(20)17-11-13-19(14-12-17)28(30)31/h2-14,20-23,25-26H,1H3. The lowest BCUT2D eigenvalue weighted by atomic mass is 9.83. The number of nitro groups is 1. The third kappa shape index (κ3) is 3.28. The molecular formula is C24H22N4O3. The van der Waals surface area contributed by atoms with Gasteiger partial charge in [0.25, 0.3) is 5.69 Å². The van der Waals surface area contributed by atoms with Crippen molar-refractivity contribution < 1.29 is 9.72 Å². The van der Waals surface area contributed by atoms with Gasteiger partial charge in [-0.3, -0.25) is 14.9 Å². The summed E-state index contributed by atoms with van der Waals surface area (Å²) in [5.74, 6) is -0.0986. The quantitative estimate of drug-likeness (QED) is 0.501. The molecule has 0 bridgehead atoms. The number of hydrazine groups is 1. The number of anilines is 1. The molecule has 4 atom stereocenters. The van der Waals surface area contributed by atoms with Crippen LogP contribution in [0.3, 0.4) is 0 Å². The number of fused-ring (bicyclic) bond motifs is 1. The number of non-ortho nitro benzene ring substituents is 1. The molecule has 2 heterocycles. The Morgan fingerprint density at radius 3 is 2.10 bits per heavy atom. The summed E-state index contributed by atoms with van der Waals surface area (Å²) in [7, 11) is 0. The molecule has 1 amide bonds. The number of carbonyl (C=O) groups excluding carboxylic acids is 1. The van der Waals surface area contributed by atoms with Crippen molar-refractivity contribution in [3.63, 3.8) is 0 Å². The zero-order valence-corrected chi connectivity index (χ0v) is 16.9. The summed E-state index contributed by atoms with van der Waals surface area (Å²) in [6.07, 6.45) is 0. The molecule has 4 unspecified atom stereocenters. The normalized spacial score (nSPS) is 24.9. The van der Waals surface area contributed by atoms with E-state index in [0.717, 1.165) is 16.8 Å². The minimum Gasteiger partial charge on any atom is -0.303 e. The summed E-state index contributed by atoms with van der Waals surface area (Å²) >= 11 is 0. The topological polar surface area (TPSA) is 87.5 Å². The van der Waals surface area contributed by atoms with Gasteiger partial charge in [-0.2, -0.15) is 0 Å². The van der Waals surface area contributed by atoms with Crippen LogP contribution >= 0.6 is 0 Å². The predicted octanol–water partition coefficient (Wildman–Crippen LogP) is 3.83. The van der Waals surface area contributed by atoms with Gasteiger partial charge in [-0.05, 0) is 30.2 Å². The molecule has 2 aliphatic rings. The number of nitrogens with zero attached hydrogens (tertiary/aromatic N) is 2. The highest BCUT2D eigenvalue weighted by atomic mass is 16.6. The molecule has 0 spiro atoms. The molecule has 0 saturated carbocycles. The number of para-hydroxylation sites is 1. The monoisotopic (exact) mass is 414 g/mol. The van der Waals surface area contributed by atoms with Gasteiger partial charge in [-0.1, -0.05) is 60.2 Å². The second kappa shape index (κ2) is 7.61. The second-order valence-electron chi connectivity index (χ2n) is 8.07. The first-order chi connectivity index (χ1) is 15.0. The number of hydrogen-bond acceptors (Lipinski definition) is 5. The SMILES string of the molecule is Cc1ccc(C2NNC3C(=O)N(c4ccccc4)C(c4ccc([N+](=O)[O-])cc4)C32)cc1. The van der Waals surface area contributed by atoms with Gasteiger partial charge in [0.15, 0.2) is 0 Å². The fourth-order valence-corrected chi connectivity index (χ4v) is 4.73. The lowest BCUT2D eigenvalue weighted by molar-refractivity contribution is -0.384. The molecule has 2 aliphatic heterocycles. The third-order valence-corrected chi connectivity index (χ3v) is 6.23. The van der Waals surface area contributed by atoms with Crippen LogP contribution in [-0.2, 0) is 4.79 Å². The van der Waals surface area contributed by atoms with Crippen LogP contribution in [0.15, 0.2) is 78.9 Å². The van der Waals surface area contributed by atoms with Gasteiger partial charge < -0.3 is 4.90 Å². The average molecular weight is 414 g/mol. The molecule has 7 nitrogen and oxygen atoms in total. The van der Waals surface area contributed by atoms with Crippen molar-refractivity contribution in [2.45, 2.75) is 25.0 Å². The maximum atomic E-state index is 13.5. The Morgan fingerprint density at radius 1 is 0.839 bits per heavy atom. The van der Waals surface area contributed by atoms with Crippen LogP contribution < -0.4 is 15.8 Å². The number of nitro benzene ring substituents is 1. The average Bonchev–Trinajstić information content (AvgIpc) is 3.34. The minimum absolute atomic E-state index is 0.0123. The third-order valence-electron chi connectivity index (χ3n) is 6.23. The summed E-state index contributed by atoms with van der Waals surface area (Å²) in [4.78, 5) is 26.0. The van der Waals surface area contributed by atoms with Crippen LogP contribution in [0.4, 0.5) is 11.4 Å². The number of aryl methyl sites for hydroxylation is 1. The number of nitrogens with one attached hydrogen (secondary N) is 2. The molecule has 2 fully saturated rings. The van der Waals surface area contributed by atoms with Crippen molar-refractivity contribution in [2.24, 2.45) is 5.92 Å². The van der Waals surface area contributed by atoms with Crippen LogP contribution in [0.1, 0.15) is 28.8 Å². The first-order valence-corrected chi connectivity index (χ1v) is 10.2. The van der Waals surface area contributed by atoms with Gasteiger partial charge in [-0.25, -0.2) is 10.9 Å². The van der Waals surface area contributed by atoms with E-state index in [1.165, 1.54) is 17.7 Å². The van der Waals surface area contributed by atoms with Gasteiger partial charge in [0.1, 0.15) is 6.04 Å². The van der Waals surface area contributed by atoms with Crippen LogP contribution in [0, 0.1) is 23.0 Å². The number of amides is 1. The number of benzene rings is 3. The first kappa shape index (κ1) is 19.4. The molecule has 7 heteroatoms. The Balaban J connectivity index is 1.61. The summed E-state index contributed by atoms with van der Waals surface area (Å²) in [5, 5.41) is 11.1. The van der Waals surface area contributed by atoms with Crippen molar-refractivity contribution >= 4 is 17.3 Å². The summed E-state index contributed by atoms with van der Waals surface area (Å²) in [5.41, 5.74) is 10.5. The van der Waals surface area contributed by atoms with E-state index >= 15 is 0 Å². The molecule has 31 heavy (non-hydrogen) atoms. The Kier molecular flexibility index (Phi) is 4.77. The molecule has 2 saturated heterocycles. The summed E-state index contributed by atoms with van der Waals surface area (Å²) in [6, 6.07) is 23.7. The minimum atomic E-state index is -0.408. The summed E-state index contributed by atoms with van der Waals surface area (Å²) < 4.78 is 0. The molecule has 0 aromatic heterocycles. The van der Waals surface area contributed by atoms with Crippen LogP contribution in [0.5, 0.6) is 0 Å². The maximum Gasteiger partial charge on any atom is 0.269 e. The Labute approximate surface area is 179 Å². The number of carbonyl (C=O) groups is 1. The fraction of sp³-hybridized carbons (Fsp3) is 0.208. The van der Waals surface area contributed by atoms with Crippen molar-refractivity contribution in [3.05, 3.63) is 106 Å². The Morgan fingerprint density at radius 2 is 1.45 bits per heavy atom. The number of hydrogen-bond donors (Lipinski definition) is 2.